The quantitative estimate of drug-likeness (QED) is 0.375. The van der Waals surface area contributed by atoms with E-state index in [1.807, 2.05) is 0 Å². The normalized spacial score (nSPS) is 10.2. The summed E-state index contributed by atoms with van der Waals surface area (Å²) in [6.07, 6.45) is 4.20. The van der Waals surface area contributed by atoms with Crippen LogP contribution in [0.1, 0.15) is 43.0 Å². The molecular formula is C16H24O6. The van der Waals surface area contributed by atoms with E-state index in [0.29, 0.717) is 23.9 Å². The monoisotopic (exact) mass is 312 g/mol. The summed E-state index contributed by atoms with van der Waals surface area (Å²) in [5.41, 5.74) is 0.267. The van der Waals surface area contributed by atoms with Crippen LogP contribution in [0.15, 0.2) is 12.1 Å². The average molecular weight is 312 g/mol. The van der Waals surface area contributed by atoms with E-state index in [4.69, 9.17) is 24.0 Å². The Morgan fingerprint density at radius 3 is 2.09 bits per heavy atom. The Morgan fingerprint density at radius 2 is 1.59 bits per heavy atom. The van der Waals surface area contributed by atoms with E-state index >= 15 is 0 Å². The lowest BCUT2D eigenvalue weighted by atomic mass is 10.2. The highest BCUT2D eigenvalue weighted by Gasteiger charge is 2.18. The molecule has 0 aromatic heterocycles. The van der Waals surface area contributed by atoms with Gasteiger partial charge in [0, 0.05) is 0 Å². The van der Waals surface area contributed by atoms with E-state index in [1.165, 1.54) is 33.5 Å². The summed E-state index contributed by atoms with van der Waals surface area (Å²) in [6.45, 7) is 2.52. The van der Waals surface area contributed by atoms with Crippen molar-refractivity contribution in [3.8, 4) is 17.2 Å². The molecule has 0 atom stereocenters. The second-order valence-corrected chi connectivity index (χ2v) is 4.67. The number of methoxy groups -OCH3 is 3. The van der Waals surface area contributed by atoms with E-state index in [9.17, 15) is 4.79 Å². The summed E-state index contributed by atoms with van der Waals surface area (Å²) in [5, 5.41) is 0. The Balaban J connectivity index is 2.65. The zero-order valence-electron chi connectivity index (χ0n) is 13.6. The lowest BCUT2D eigenvalue weighted by Gasteiger charge is -2.13. The van der Waals surface area contributed by atoms with Crippen molar-refractivity contribution in [2.24, 2.45) is 0 Å². The third-order valence-corrected chi connectivity index (χ3v) is 3.12. The van der Waals surface area contributed by atoms with Gasteiger partial charge in [0.2, 0.25) is 5.75 Å². The van der Waals surface area contributed by atoms with Crippen molar-refractivity contribution >= 4 is 5.97 Å². The summed E-state index contributed by atoms with van der Waals surface area (Å²) in [7, 11) is 4.46. The van der Waals surface area contributed by atoms with Gasteiger partial charge < -0.3 is 14.2 Å². The summed E-state index contributed by atoms with van der Waals surface area (Å²) >= 11 is 0. The van der Waals surface area contributed by atoms with Gasteiger partial charge in [-0.3, -0.25) is 4.89 Å². The van der Waals surface area contributed by atoms with Crippen LogP contribution in [-0.4, -0.2) is 33.9 Å². The smallest absolute Gasteiger partial charge is 0.373 e. The minimum absolute atomic E-state index is 0.267. The third-order valence-electron chi connectivity index (χ3n) is 3.12. The van der Waals surface area contributed by atoms with Gasteiger partial charge in [-0.05, 0) is 18.6 Å². The maximum atomic E-state index is 12.0. The van der Waals surface area contributed by atoms with Crippen LogP contribution in [0, 0.1) is 0 Å². The first-order valence-electron chi connectivity index (χ1n) is 7.31. The van der Waals surface area contributed by atoms with Crippen LogP contribution in [0.25, 0.3) is 0 Å². The topological polar surface area (TPSA) is 63.2 Å². The molecule has 22 heavy (non-hydrogen) atoms. The highest BCUT2D eigenvalue weighted by molar-refractivity contribution is 5.90. The molecule has 0 N–H and O–H groups in total. The molecular weight excluding hydrogens is 288 g/mol. The van der Waals surface area contributed by atoms with E-state index in [0.717, 1.165) is 25.7 Å². The number of hydrogen-bond donors (Lipinski definition) is 0. The van der Waals surface area contributed by atoms with Crippen LogP contribution in [0.5, 0.6) is 17.2 Å². The number of carbonyl (C=O) groups excluding carboxylic acids is 1. The number of benzene rings is 1. The summed E-state index contributed by atoms with van der Waals surface area (Å²) in [4.78, 5) is 21.7. The standard InChI is InChI=1S/C16H24O6/c1-5-6-7-8-9-21-22-16(17)12-10-13(18-2)15(20-4)14(11-12)19-3/h10-11H,5-9H2,1-4H3. The van der Waals surface area contributed by atoms with Crippen LogP contribution in [0.3, 0.4) is 0 Å². The van der Waals surface area contributed by atoms with Gasteiger partial charge in [-0.1, -0.05) is 26.2 Å². The van der Waals surface area contributed by atoms with Gasteiger partial charge in [0.15, 0.2) is 11.5 Å². The van der Waals surface area contributed by atoms with Gasteiger partial charge in [0.25, 0.3) is 0 Å². The maximum Gasteiger partial charge on any atom is 0.373 e. The van der Waals surface area contributed by atoms with Crippen LogP contribution in [-0.2, 0) is 9.78 Å². The summed E-state index contributed by atoms with van der Waals surface area (Å²) < 4.78 is 15.6. The number of hydrogen-bond acceptors (Lipinski definition) is 6. The molecule has 6 heteroatoms. The third kappa shape index (κ3) is 5.11. The first kappa shape index (κ1) is 18.1. The average Bonchev–Trinajstić information content (AvgIpc) is 2.56. The molecule has 1 aromatic carbocycles. The minimum atomic E-state index is -0.602. The molecule has 0 amide bonds. The molecule has 0 fully saturated rings. The Labute approximate surface area is 131 Å². The lowest BCUT2D eigenvalue weighted by molar-refractivity contribution is -0.241. The number of carbonyl (C=O) groups is 1. The van der Waals surface area contributed by atoms with Crippen molar-refractivity contribution < 1.29 is 28.8 Å². The predicted octanol–water partition coefficient (Wildman–Crippen LogP) is 3.38. The molecule has 124 valence electrons. The first-order chi connectivity index (χ1) is 10.7. The Hall–Kier alpha value is -1.95. The molecule has 0 spiro atoms. The van der Waals surface area contributed by atoms with Crippen molar-refractivity contribution in [3.63, 3.8) is 0 Å². The van der Waals surface area contributed by atoms with Gasteiger partial charge in [0.1, 0.15) is 0 Å². The second kappa shape index (κ2) is 9.89. The fraction of sp³-hybridized carbons (Fsp3) is 0.562. The van der Waals surface area contributed by atoms with Crippen LogP contribution in [0.2, 0.25) is 0 Å². The Kier molecular flexibility index (Phi) is 8.14. The van der Waals surface area contributed by atoms with Crippen molar-refractivity contribution in [1.82, 2.24) is 0 Å². The van der Waals surface area contributed by atoms with E-state index in [2.05, 4.69) is 6.92 Å². The van der Waals surface area contributed by atoms with Crippen molar-refractivity contribution in [3.05, 3.63) is 17.7 Å². The molecule has 0 bridgehead atoms. The lowest BCUT2D eigenvalue weighted by Crippen LogP contribution is -2.08. The predicted molar refractivity (Wildman–Crippen MR) is 81.6 cm³/mol. The molecule has 0 aliphatic heterocycles. The molecule has 0 aliphatic rings. The van der Waals surface area contributed by atoms with Gasteiger partial charge in [-0.25, -0.2) is 4.79 Å². The highest BCUT2D eigenvalue weighted by Crippen LogP contribution is 2.38. The molecule has 1 aromatic rings. The van der Waals surface area contributed by atoms with Crippen LogP contribution in [0.4, 0.5) is 0 Å². The van der Waals surface area contributed by atoms with Gasteiger partial charge in [-0.2, -0.15) is 4.89 Å². The molecule has 0 saturated carbocycles. The van der Waals surface area contributed by atoms with Crippen molar-refractivity contribution in [2.45, 2.75) is 32.6 Å². The van der Waals surface area contributed by atoms with E-state index in [1.54, 1.807) is 0 Å². The van der Waals surface area contributed by atoms with E-state index < -0.39 is 5.97 Å². The molecule has 0 heterocycles. The van der Waals surface area contributed by atoms with Gasteiger partial charge in [-0.15, -0.1) is 0 Å². The Bertz CT molecular complexity index is 447. The molecule has 1 rings (SSSR count). The van der Waals surface area contributed by atoms with Crippen LogP contribution >= 0.6 is 0 Å². The van der Waals surface area contributed by atoms with Crippen LogP contribution < -0.4 is 14.2 Å². The van der Waals surface area contributed by atoms with Crippen molar-refractivity contribution in [1.29, 1.82) is 0 Å². The van der Waals surface area contributed by atoms with Crippen molar-refractivity contribution in [2.75, 3.05) is 27.9 Å². The second-order valence-electron chi connectivity index (χ2n) is 4.67. The van der Waals surface area contributed by atoms with E-state index in [-0.39, 0.29) is 5.56 Å². The summed E-state index contributed by atoms with van der Waals surface area (Å²) in [5.74, 6) is 0.588. The number of ether oxygens (including phenoxy) is 3. The number of unbranched alkanes of at least 4 members (excludes halogenated alkanes) is 3. The molecule has 6 nitrogen and oxygen atoms in total. The molecule has 0 aliphatic carbocycles. The maximum absolute atomic E-state index is 12.0. The minimum Gasteiger partial charge on any atom is -0.493 e. The largest absolute Gasteiger partial charge is 0.493 e. The van der Waals surface area contributed by atoms with Gasteiger partial charge >= 0.3 is 5.97 Å². The highest BCUT2D eigenvalue weighted by atomic mass is 17.2. The first-order valence-corrected chi connectivity index (χ1v) is 7.31. The Morgan fingerprint density at radius 1 is 0.955 bits per heavy atom. The fourth-order valence-corrected chi connectivity index (χ4v) is 1.93. The molecule has 0 unspecified atom stereocenters. The molecule has 0 radical (unpaired) electrons. The summed E-state index contributed by atoms with van der Waals surface area (Å²) in [6, 6.07) is 3.04. The SMILES string of the molecule is CCCCCCOOC(=O)c1cc(OC)c(OC)c(OC)c1. The zero-order chi connectivity index (χ0) is 16.4. The zero-order valence-corrected chi connectivity index (χ0v) is 13.6. The molecule has 0 saturated heterocycles. The fourth-order valence-electron chi connectivity index (χ4n) is 1.93. The number of rotatable bonds is 10. The van der Waals surface area contributed by atoms with Gasteiger partial charge in [0.05, 0.1) is 33.5 Å².